The molecule has 1 aromatic rings. The van der Waals surface area contributed by atoms with Gasteiger partial charge in [-0.2, -0.15) is 0 Å². The molecule has 1 saturated carbocycles. The van der Waals surface area contributed by atoms with Crippen molar-refractivity contribution in [1.29, 1.82) is 0 Å². The second-order valence-electron chi connectivity index (χ2n) is 7.84. The van der Waals surface area contributed by atoms with Crippen molar-refractivity contribution < 1.29 is 4.74 Å². The van der Waals surface area contributed by atoms with Crippen molar-refractivity contribution in [3.05, 3.63) is 5.01 Å². The minimum atomic E-state index is 0.499. The first kappa shape index (κ1) is 15.8. The fraction of sp³-hybridized carbons (Fsp3) is 0.882. The number of likely N-dealkylation sites (tertiary alicyclic amines) is 1. The number of rotatable bonds is 5. The Morgan fingerprint density at radius 2 is 2.00 bits per heavy atom. The molecular weight excluding hydrogens is 308 g/mol. The van der Waals surface area contributed by atoms with Gasteiger partial charge in [0.15, 0.2) is 0 Å². The number of piperidine rings is 1. The van der Waals surface area contributed by atoms with Crippen LogP contribution in [0.4, 0.5) is 5.13 Å². The number of aromatic nitrogens is 2. The van der Waals surface area contributed by atoms with Gasteiger partial charge in [-0.15, -0.1) is 10.2 Å². The average molecular weight is 337 g/mol. The number of likely N-dealkylation sites (N-methyl/N-ethyl adjacent to an activating group) is 1. The summed E-state index contributed by atoms with van der Waals surface area (Å²) in [5.41, 5.74) is 0.499. The largest absolute Gasteiger partial charge is 0.380 e. The van der Waals surface area contributed by atoms with Gasteiger partial charge in [0, 0.05) is 32.3 Å². The lowest BCUT2D eigenvalue weighted by molar-refractivity contribution is 0.0786. The predicted molar refractivity (Wildman–Crippen MR) is 93.1 cm³/mol. The third-order valence-electron chi connectivity index (χ3n) is 5.85. The van der Waals surface area contributed by atoms with Crippen LogP contribution >= 0.6 is 11.3 Å². The molecule has 3 aliphatic rings. The Kier molecular flexibility index (Phi) is 4.32. The fourth-order valence-electron chi connectivity index (χ4n) is 4.17. The summed E-state index contributed by atoms with van der Waals surface area (Å²) in [6.45, 7) is 7.42. The third kappa shape index (κ3) is 3.54. The van der Waals surface area contributed by atoms with E-state index in [2.05, 4.69) is 27.0 Å². The summed E-state index contributed by atoms with van der Waals surface area (Å²) < 4.78 is 5.97. The highest BCUT2D eigenvalue weighted by atomic mass is 32.1. The summed E-state index contributed by atoms with van der Waals surface area (Å²) >= 11 is 1.72. The topological polar surface area (TPSA) is 41.5 Å². The SMILES string of the molecule is Cc1nnc(N2CCC3(CC2)CC(COCC2CC2)N(C)C3)s1. The summed E-state index contributed by atoms with van der Waals surface area (Å²) in [4.78, 5) is 4.96. The highest BCUT2D eigenvalue weighted by Crippen LogP contribution is 2.44. The zero-order valence-electron chi connectivity index (χ0n) is 14.3. The van der Waals surface area contributed by atoms with Gasteiger partial charge in [-0.1, -0.05) is 11.3 Å². The zero-order valence-corrected chi connectivity index (χ0v) is 15.1. The lowest BCUT2D eigenvalue weighted by Crippen LogP contribution is -2.41. The van der Waals surface area contributed by atoms with E-state index in [0.29, 0.717) is 11.5 Å². The van der Waals surface area contributed by atoms with Gasteiger partial charge in [0.05, 0.1) is 6.61 Å². The van der Waals surface area contributed by atoms with Crippen molar-refractivity contribution >= 4 is 16.5 Å². The highest BCUT2D eigenvalue weighted by Gasteiger charge is 2.44. The summed E-state index contributed by atoms with van der Waals surface area (Å²) in [7, 11) is 2.28. The van der Waals surface area contributed by atoms with Crippen LogP contribution in [0.5, 0.6) is 0 Å². The zero-order chi connectivity index (χ0) is 15.9. The van der Waals surface area contributed by atoms with E-state index in [1.165, 1.54) is 38.6 Å². The molecule has 1 aliphatic carbocycles. The summed E-state index contributed by atoms with van der Waals surface area (Å²) in [6, 6.07) is 0.615. The highest BCUT2D eigenvalue weighted by molar-refractivity contribution is 7.15. The van der Waals surface area contributed by atoms with E-state index >= 15 is 0 Å². The van der Waals surface area contributed by atoms with Crippen molar-refractivity contribution in [2.24, 2.45) is 11.3 Å². The standard InChI is InChI=1S/C17H28N4OS/c1-13-18-19-16(23-13)21-7-5-17(6-8-21)9-15(20(2)12-17)11-22-10-14-3-4-14/h14-15H,3-12H2,1-2H3. The molecule has 4 rings (SSSR count). The van der Waals surface area contributed by atoms with Gasteiger partial charge in [-0.05, 0) is 57.4 Å². The van der Waals surface area contributed by atoms with E-state index in [4.69, 9.17) is 4.74 Å². The predicted octanol–water partition coefficient (Wildman–Crippen LogP) is 2.56. The second-order valence-corrected chi connectivity index (χ2v) is 9.00. The van der Waals surface area contributed by atoms with Gasteiger partial charge in [-0.3, -0.25) is 0 Å². The van der Waals surface area contributed by atoms with Crippen molar-refractivity contribution in [1.82, 2.24) is 15.1 Å². The Bertz CT molecular complexity index is 536. The molecular formula is C17H28N4OS. The quantitative estimate of drug-likeness (QED) is 0.827. The lowest BCUT2D eigenvalue weighted by Gasteiger charge is -2.39. The minimum Gasteiger partial charge on any atom is -0.380 e. The van der Waals surface area contributed by atoms with Gasteiger partial charge >= 0.3 is 0 Å². The van der Waals surface area contributed by atoms with Crippen LogP contribution in [0.2, 0.25) is 0 Å². The first-order valence-corrected chi connectivity index (χ1v) is 9.78. The number of aryl methyl sites for hydroxylation is 1. The molecule has 1 aromatic heterocycles. The van der Waals surface area contributed by atoms with Crippen molar-refractivity contribution in [3.63, 3.8) is 0 Å². The maximum atomic E-state index is 5.97. The average Bonchev–Trinajstić information content (AvgIpc) is 3.18. The Morgan fingerprint density at radius 1 is 1.22 bits per heavy atom. The first-order chi connectivity index (χ1) is 11.1. The molecule has 0 aromatic carbocycles. The molecule has 0 radical (unpaired) electrons. The van der Waals surface area contributed by atoms with Crippen LogP contribution in [0.25, 0.3) is 0 Å². The van der Waals surface area contributed by atoms with Crippen LogP contribution in [0.1, 0.15) is 37.1 Å². The van der Waals surface area contributed by atoms with Gasteiger partial charge in [0.25, 0.3) is 0 Å². The minimum absolute atomic E-state index is 0.499. The molecule has 1 atom stereocenters. The van der Waals surface area contributed by atoms with Gasteiger partial charge in [-0.25, -0.2) is 0 Å². The number of nitrogens with zero attached hydrogens (tertiary/aromatic N) is 4. The van der Waals surface area contributed by atoms with E-state index in [1.54, 1.807) is 11.3 Å². The van der Waals surface area contributed by atoms with Crippen LogP contribution in [0.3, 0.4) is 0 Å². The molecule has 2 saturated heterocycles. The molecule has 3 heterocycles. The van der Waals surface area contributed by atoms with Crippen LogP contribution in [-0.4, -0.2) is 61.0 Å². The molecule has 5 nitrogen and oxygen atoms in total. The molecule has 128 valence electrons. The Labute approximate surface area is 143 Å². The van der Waals surface area contributed by atoms with E-state index in [9.17, 15) is 0 Å². The molecule has 1 unspecified atom stereocenters. The van der Waals surface area contributed by atoms with Crippen LogP contribution in [0.15, 0.2) is 0 Å². The molecule has 6 heteroatoms. The maximum absolute atomic E-state index is 5.97. The molecule has 3 fully saturated rings. The van der Waals surface area contributed by atoms with Crippen LogP contribution < -0.4 is 4.90 Å². The van der Waals surface area contributed by atoms with E-state index < -0.39 is 0 Å². The van der Waals surface area contributed by atoms with Crippen LogP contribution in [-0.2, 0) is 4.74 Å². The maximum Gasteiger partial charge on any atom is 0.208 e. The van der Waals surface area contributed by atoms with Gasteiger partial charge < -0.3 is 14.5 Å². The monoisotopic (exact) mass is 336 g/mol. The molecule has 23 heavy (non-hydrogen) atoms. The number of ether oxygens (including phenoxy) is 1. The fourth-order valence-corrected chi connectivity index (χ4v) is 4.91. The van der Waals surface area contributed by atoms with E-state index in [0.717, 1.165) is 42.4 Å². The number of hydrogen-bond donors (Lipinski definition) is 0. The lowest BCUT2D eigenvalue weighted by atomic mass is 9.77. The summed E-state index contributed by atoms with van der Waals surface area (Å²) in [6.07, 6.45) is 6.61. The van der Waals surface area contributed by atoms with Crippen molar-refractivity contribution in [2.45, 2.75) is 45.1 Å². The Balaban J connectivity index is 1.29. The Hall–Kier alpha value is -0.720. The molecule has 0 bridgehead atoms. The van der Waals surface area contributed by atoms with Gasteiger partial charge in [0.2, 0.25) is 5.13 Å². The first-order valence-electron chi connectivity index (χ1n) is 8.97. The van der Waals surface area contributed by atoms with E-state index in [1.807, 2.05) is 6.92 Å². The summed E-state index contributed by atoms with van der Waals surface area (Å²) in [5.74, 6) is 0.870. The van der Waals surface area contributed by atoms with Gasteiger partial charge in [0.1, 0.15) is 5.01 Å². The molecule has 0 amide bonds. The normalized spacial score (nSPS) is 27.9. The van der Waals surface area contributed by atoms with E-state index in [-0.39, 0.29) is 0 Å². The van der Waals surface area contributed by atoms with Crippen LogP contribution in [0, 0.1) is 18.3 Å². The van der Waals surface area contributed by atoms with Crippen molar-refractivity contribution in [3.8, 4) is 0 Å². The molecule has 1 spiro atoms. The molecule has 2 aliphatic heterocycles. The number of hydrogen-bond acceptors (Lipinski definition) is 6. The summed E-state index contributed by atoms with van der Waals surface area (Å²) in [5, 5.41) is 10.6. The van der Waals surface area contributed by atoms with Crippen molar-refractivity contribution in [2.75, 3.05) is 44.8 Å². The molecule has 0 N–H and O–H groups in total. The Morgan fingerprint density at radius 3 is 2.65 bits per heavy atom. The number of anilines is 1. The third-order valence-corrected chi connectivity index (χ3v) is 6.75. The smallest absolute Gasteiger partial charge is 0.208 e. The second kappa shape index (κ2) is 6.30.